The number of halogens is 1. The van der Waals surface area contributed by atoms with Crippen molar-refractivity contribution in [2.45, 2.75) is 33.7 Å². The van der Waals surface area contributed by atoms with Gasteiger partial charge in [0.25, 0.3) is 0 Å². The van der Waals surface area contributed by atoms with E-state index in [1.165, 1.54) is 0 Å². The number of rotatable bonds is 6. The van der Waals surface area contributed by atoms with Crippen molar-refractivity contribution in [3.05, 3.63) is 0 Å². The molecule has 0 radical (unpaired) electrons. The van der Waals surface area contributed by atoms with Gasteiger partial charge in [-0.15, -0.1) is 24.0 Å². The van der Waals surface area contributed by atoms with E-state index >= 15 is 0 Å². The Kier molecular flexibility index (Phi) is 12.1. The number of ether oxygens (including phenoxy) is 1. The van der Waals surface area contributed by atoms with Crippen LogP contribution in [0, 0.1) is 0 Å². The number of aliphatic imine (C=N–C) groups is 1. The third-order valence-corrected chi connectivity index (χ3v) is 5.42. The molecule has 0 aromatic carbocycles. The predicted octanol–water partition coefficient (Wildman–Crippen LogP) is 1.37. The lowest BCUT2D eigenvalue weighted by Crippen LogP contribution is -2.54. The predicted molar refractivity (Wildman–Crippen MR) is 125 cm³/mol. The number of nitrogens with one attached hydrogen (secondary N) is 1. The summed E-state index contributed by atoms with van der Waals surface area (Å²) in [6, 6.07) is 0.443. The van der Waals surface area contributed by atoms with Crippen molar-refractivity contribution in [3.8, 4) is 0 Å². The summed E-state index contributed by atoms with van der Waals surface area (Å²) in [5.41, 5.74) is 0. The highest BCUT2D eigenvalue weighted by atomic mass is 127. The fourth-order valence-electron chi connectivity index (χ4n) is 3.60. The van der Waals surface area contributed by atoms with E-state index in [2.05, 4.69) is 40.8 Å². The first-order valence-corrected chi connectivity index (χ1v) is 10.5. The molecule has 8 nitrogen and oxygen atoms in total. The molecule has 2 aliphatic heterocycles. The summed E-state index contributed by atoms with van der Waals surface area (Å²) >= 11 is 0. The number of hydrogen-bond donors (Lipinski definition) is 1. The number of amides is 1. The van der Waals surface area contributed by atoms with Crippen LogP contribution in [0.4, 0.5) is 4.79 Å². The van der Waals surface area contributed by atoms with Crippen LogP contribution in [0.25, 0.3) is 0 Å². The molecule has 0 spiro atoms. The molecule has 0 aromatic heterocycles. The Hall–Kier alpha value is -0.810. The van der Waals surface area contributed by atoms with Gasteiger partial charge in [0.15, 0.2) is 5.96 Å². The largest absolute Gasteiger partial charge is 0.450 e. The fourth-order valence-corrected chi connectivity index (χ4v) is 3.60. The Morgan fingerprint density at radius 1 is 1.00 bits per heavy atom. The molecule has 0 bridgehead atoms. The average molecular weight is 510 g/mol. The van der Waals surface area contributed by atoms with Crippen LogP contribution in [0.2, 0.25) is 0 Å². The van der Waals surface area contributed by atoms with Gasteiger partial charge in [-0.3, -0.25) is 9.89 Å². The normalized spacial score (nSPS) is 20.5. The second kappa shape index (κ2) is 13.4. The fraction of sp³-hybridized carbons (Fsp3) is 0.895. The van der Waals surface area contributed by atoms with E-state index < -0.39 is 0 Å². The Morgan fingerprint density at radius 2 is 1.61 bits per heavy atom. The number of carbonyl (C=O) groups excluding carboxylic acids is 1. The summed E-state index contributed by atoms with van der Waals surface area (Å²) < 4.78 is 5.10. The Morgan fingerprint density at radius 3 is 2.14 bits per heavy atom. The van der Waals surface area contributed by atoms with E-state index in [9.17, 15) is 4.79 Å². The van der Waals surface area contributed by atoms with E-state index in [1.54, 1.807) is 4.90 Å². The Labute approximate surface area is 187 Å². The molecule has 0 aromatic rings. The number of guanidine groups is 1. The van der Waals surface area contributed by atoms with Gasteiger partial charge in [0.05, 0.1) is 13.2 Å². The van der Waals surface area contributed by atoms with Gasteiger partial charge >= 0.3 is 6.09 Å². The molecule has 1 atom stereocenters. The van der Waals surface area contributed by atoms with Gasteiger partial charge < -0.3 is 24.8 Å². The number of hydrogen-bond acceptors (Lipinski definition) is 5. The Balaban J connectivity index is 0.00000392. The van der Waals surface area contributed by atoms with Crippen LogP contribution in [0.3, 0.4) is 0 Å². The molecule has 0 aliphatic carbocycles. The summed E-state index contributed by atoms with van der Waals surface area (Å²) in [7, 11) is 0. The van der Waals surface area contributed by atoms with Crippen LogP contribution in [0.15, 0.2) is 4.99 Å². The average Bonchev–Trinajstić information content (AvgIpc) is 2.71. The van der Waals surface area contributed by atoms with Crippen molar-refractivity contribution < 1.29 is 9.53 Å². The molecular weight excluding hydrogens is 471 g/mol. The molecule has 164 valence electrons. The summed E-state index contributed by atoms with van der Waals surface area (Å²) in [6.07, 6.45) is -0.209. The van der Waals surface area contributed by atoms with Gasteiger partial charge in [0.1, 0.15) is 0 Å². The van der Waals surface area contributed by atoms with E-state index in [0.29, 0.717) is 25.7 Å². The van der Waals surface area contributed by atoms with Crippen LogP contribution in [-0.2, 0) is 4.74 Å². The maximum atomic E-state index is 11.9. The topological polar surface area (TPSA) is 63.7 Å². The first-order valence-electron chi connectivity index (χ1n) is 10.5. The minimum atomic E-state index is -0.209. The first kappa shape index (κ1) is 25.2. The van der Waals surface area contributed by atoms with Gasteiger partial charge in [0, 0.05) is 64.9 Å². The summed E-state index contributed by atoms with van der Waals surface area (Å²) in [5.74, 6) is 0.958. The highest BCUT2D eigenvalue weighted by molar-refractivity contribution is 14.0. The third kappa shape index (κ3) is 7.55. The van der Waals surface area contributed by atoms with Crippen molar-refractivity contribution in [1.29, 1.82) is 0 Å². The molecule has 1 N–H and O–H groups in total. The Bertz CT molecular complexity index is 477. The van der Waals surface area contributed by atoms with Crippen molar-refractivity contribution >= 4 is 36.0 Å². The van der Waals surface area contributed by atoms with Crippen LogP contribution in [0.1, 0.15) is 27.7 Å². The van der Waals surface area contributed by atoms with Gasteiger partial charge in [-0.05, 0) is 27.3 Å². The van der Waals surface area contributed by atoms with E-state index in [-0.39, 0.29) is 30.1 Å². The molecule has 2 aliphatic rings. The van der Waals surface area contributed by atoms with Crippen molar-refractivity contribution in [3.63, 3.8) is 0 Å². The molecule has 0 saturated carbocycles. The lowest BCUT2D eigenvalue weighted by molar-refractivity contribution is 0.0912. The van der Waals surface area contributed by atoms with Gasteiger partial charge in [-0.1, -0.05) is 6.92 Å². The van der Waals surface area contributed by atoms with Crippen LogP contribution in [-0.4, -0.2) is 116 Å². The maximum Gasteiger partial charge on any atom is 0.409 e. The molecule has 28 heavy (non-hydrogen) atoms. The minimum absolute atomic E-state index is 0. The second-order valence-electron chi connectivity index (χ2n) is 7.19. The first-order chi connectivity index (χ1) is 13.1. The summed E-state index contributed by atoms with van der Waals surface area (Å²) in [5, 5.41) is 3.41. The van der Waals surface area contributed by atoms with Crippen molar-refractivity contribution in [2.24, 2.45) is 4.99 Å². The molecule has 2 rings (SSSR count). The van der Waals surface area contributed by atoms with Gasteiger partial charge in [0.2, 0.25) is 0 Å². The molecular formula is C19H39IN6O2. The number of carbonyl (C=O) groups is 1. The minimum Gasteiger partial charge on any atom is -0.450 e. The number of likely N-dealkylation sites (N-methyl/N-ethyl adjacent to an activating group) is 1. The van der Waals surface area contributed by atoms with Crippen LogP contribution >= 0.6 is 24.0 Å². The van der Waals surface area contributed by atoms with Gasteiger partial charge in [-0.2, -0.15) is 0 Å². The molecule has 2 saturated heterocycles. The molecule has 2 fully saturated rings. The zero-order chi connectivity index (χ0) is 19.6. The van der Waals surface area contributed by atoms with Crippen molar-refractivity contribution in [1.82, 2.24) is 24.9 Å². The highest BCUT2D eigenvalue weighted by Gasteiger charge is 2.24. The van der Waals surface area contributed by atoms with Gasteiger partial charge in [-0.25, -0.2) is 4.79 Å². The number of piperazine rings is 2. The van der Waals surface area contributed by atoms with Crippen LogP contribution < -0.4 is 5.32 Å². The van der Waals surface area contributed by atoms with Crippen LogP contribution in [0.5, 0.6) is 0 Å². The van der Waals surface area contributed by atoms with E-state index in [4.69, 9.17) is 9.73 Å². The monoisotopic (exact) mass is 510 g/mol. The SMILES string of the molecule is CCNC(=NCC(C)N1CCN(CC)CC1)N1CCN(C(=O)OCC)CC1.I. The third-order valence-electron chi connectivity index (χ3n) is 5.42. The second-order valence-corrected chi connectivity index (χ2v) is 7.19. The lowest BCUT2D eigenvalue weighted by Gasteiger charge is -2.38. The molecule has 2 heterocycles. The molecule has 1 amide bonds. The molecule has 1 unspecified atom stereocenters. The summed E-state index contributed by atoms with van der Waals surface area (Å²) in [6.45, 7) is 19.1. The standard InChI is InChI=1S/C19H38N6O2.HI/c1-5-20-18(24-12-14-25(15-13-24)19(26)27-7-3)21-16-17(4)23-10-8-22(6-2)9-11-23;/h17H,5-16H2,1-4H3,(H,20,21);1H. The zero-order valence-electron chi connectivity index (χ0n) is 18.0. The maximum absolute atomic E-state index is 11.9. The summed E-state index contributed by atoms with van der Waals surface area (Å²) in [4.78, 5) is 25.8. The molecule has 9 heteroatoms. The highest BCUT2D eigenvalue weighted by Crippen LogP contribution is 2.08. The van der Waals surface area contributed by atoms with E-state index in [0.717, 1.165) is 64.9 Å². The quantitative estimate of drug-likeness (QED) is 0.331. The smallest absolute Gasteiger partial charge is 0.409 e. The number of nitrogens with zero attached hydrogens (tertiary/aromatic N) is 5. The van der Waals surface area contributed by atoms with E-state index in [1.807, 2.05) is 6.92 Å². The van der Waals surface area contributed by atoms with Crippen molar-refractivity contribution in [2.75, 3.05) is 78.6 Å². The zero-order valence-corrected chi connectivity index (χ0v) is 20.4. The lowest BCUT2D eigenvalue weighted by atomic mass is 10.2.